The summed E-state index contributed by atoms with van der Waals surface area (Å²) in [4.78, 5) is 4.59. The number of fused-ring (bicyclic) bond motifs is 3. The molecular formula is C23H21N. The zero-order chi connectivity index (χ0) is 16.7. The smallest absolute Gasteiger partial charge is 0.0780 e. The minimum Gasteiger partial charge on any atom is -0.256 e. The van der Waals surface area contributed by atoms with Crippen molar-refractivity contribution in [2.45, 2.75) is 26.2 Å². The minimum atomic E-state index is 0.175. The lowest BCUT2D eigenvalue weighted by Gasteiger charge is -2.19. The molecule has 118 valence electrons. The Hall–Kier alpha value is -2.67. The van der Waals surface area contributed by atoms with Crippen LogP contribution in [0.4, 0.5) is 0 Å². The van der Waals surface area contributed by atoms with Crippen molar-refractivity contribution in [2.24, 2.45) is 0 Å². The van der Waals surface area contributed by atoms with Crippen LogP contribution in [0.3, 0.4) is 0 Å². The van der Waals surface area contributed by atoms with Crippen molar-refractivity contribution in [1.29, 1.82) is 0 Å². The third kappa shape index (κ3) is 2.46. The fourth-order valence-corrected chi connectivity index (χ4v) is 3.31. The van der Waals surface area contributed by atoms with E-state index in [0.717, 1.165) is 5.52 Å². The summed E-state index contributed by atoms with van der Waals surface area (Å²) in [6.07, 6.45) is 1.87. The van der Waals surface area contributed by atoms with E-state index in [1.807, 2.05) is 12.3 Å². The number of hydrogen-bond acceptors (Lipinski definition) is 1. The summed E-state index contributed by atoms with van der Waals surface area (Å²) in [7, 11) is 0. The Labute approximate surface area is 143 Å². The lowest BCUT2D eigenvalue weighted by Crippen LogP contribution is -2.10. The predicted octanol–water partition coefficient (Wildman–Crippen LogP) is 6.35. The van der Waals surface area contributed by atoms with E-state index < -0.39 is 0 Å². The normalized spacial score (nSPS) is 12.0. The van der Waals surface area contributed by atoms with Gasteiger partial charge in [-0.05, 0) is 39.6 Å². The molecule has 1 aromatic heterocycles. The topological polar surface area (TPSA) is 12.9 Å². The quantitative estimate of drug-likeness (QED) is 0.373. The Bertz CT molecular complexity index is 1020. The zero-order valence-corrected chi connectivity index (χ0v) is 14.4. The van der Waals surface area contributed by atoms with Gasteiger partial charge in [0.2, 0.25) is 0 Å². The molecule has 4 rings (SSSR count). The summed E-state index contributed by atoms with van der Waals surface area (Å²) in [6, 6.07) is 23.9. The summed E-state index contributed by atoms with van der Waals surface area (Å²) in [5.41, 5.74) is 5.13. The number of hydrogen-bond donors (Lipinski definition) is 0. The summed E-state index contributed by atoms with van der Waals surface area (Å²) >= 11 is 0. The zero-order valence-electron chi connectivity index (χ0n) is 14.4. The van der Waals surface area contributed by atoms with E-state index in [9.17, 15) is 0 Å². The predicted molar refractivity (Wildman–Crippen MR) is 103 cm³/mol. The van der Waals surface area contributed by atoms with Gasteiger partial charge in [-0.2, -0.15) is 0 Å². The van der Waals surface area contributed by atoms with E-state index in [1.54, 1.807) is 0 Å². The molecule has 0 saturated heterocycles. The fraction of sp³-hybridized carbons (Fsp3) is 0.174. The number of rotatable bonds is 1. The Morgan fingerprint density at radius 3 is 2.17 bits per heavy atom. The van der Waals surface area contributed by atoms with E-state index in [4.69, 9.17) is 0 Å². The number of pyridine rings is 1. The monoisotopic (exact) mass is 311 g/mol. The van der Waals surface area contributed by atoms with Crippen LogP contribution in [0.1, 0.15) is 26.3 Å². The number of benzene rings is 3. The Kier molecular flexibility index (Phi) is 3.38. The van der Waals surface area contributed by atoms with Crippen molar-refractivity contribution >= 4 is 21.7 Å². The molecule has 3 aromatic carbocycles. The molecule has 0 amide bonds. The molecule has 1 heteroatoms. The van der Waals surface area contributed by atoms with Gasteiger partial charge >= 0.3 is 0 Å². The van der Waals surface area contributed by atoms with Gasteiger partial charge in [-0.1, -0.05) is 75.4 Å². The van der Waals surface area contributed by atoms with Gasteiger partial charge in [-0.3, -0.25) is 4.98 Å². The highest BCUT2D eigenvalue weighted by Gasteiger charge is 2.14. The van der Waals surface area contributed by atoms with E-state index in [2.05, 4.69) is 86.4 Å². The van der Waals surface area contributed by atoms with Gasteiger partial charge in [0.05, 0.1) is 5.52 Å². The van der Waals surface area contributed by atoms with Crippen LogP contribution in [0, 0.1) is 0 Å². The highest BCUT2D eigenvalue weighted by atomic mass is 14.6. The molecule has 4 aromatic rings. The van der Waals surface area contributed by atoms with Crippen LogP contribution in [0.25, 0.3) is 32.8 Å². The average Bonchev–Trinajstić information content (AvgIpc) is 2.60. The Morgan fingerprint density at radius 1 is 0.750 bits per heavy atom. The largest absolute Gasteiger partial charge is 0.256 e. The number of aromatic nitrogens is 1. The molecular weight excluding hydrogens is 290 g/mol. The summed E-state index contributed by atoms with van der Waals surface area (Å²) < 4.78 is 0. The van der Waals surface area contributed by atoms with E-state index in [0.29, 0.717) is 0 Å². The lowest BCUT2D eigenvalue weighted by molar-refractivity contribution is 0.590. The van der Waals surface area contributed by atoms with Crippen LogP contribution in [-0.4, -0.2) is 4.98 Å². The van der Waals surface area contributed by atoms with Crippen LogP contribution in [0.5, 0.6) is 0 Å². The molecule has 1 nitrogen and oxygen atoms in total. The Balaban J connectivity index is 1.98. The maximum atomic E-state index is 4.59. The maximum Gasteiger partial charge on any atom is 0.0780 e. The van der Waals surface area contributed by atoms with Gasteiger partial charge in [0, 0.05) is 17.0 Å². The molecule has 0 spiro atoms. The van der Waals surface area contributed by atoms with E-state index in [-0.39, 0.29) is 5.41 Å². The van der Waals surface area contributed by atoms with Gasteiger partial charge in [0.15, 0.2) is 0 Å². The molecule has 1 heterocycles. The van der Waals surface area contributed by atoms with Gasteiger partial charge in [-0.25, -0.2) is 0 Å². The molecule has 0 unspecified atom stereocenters. The summed E-state index contributed by atoms with van der Waals surface area (Å²) in [5.74, 6) is 0. The van der Waals surface area contributed by atoms with Crippen LogP contribution in [0.2, 0.25) is 0 Å². The highest BCUT2D eigenvalue weighted by molar-refractivity contribution is 6.12. The standard InChI is InChI=1S/C23H21N/c1-23(2,3)18-12-10-16(11-13-18)21-15-17-7-6-14-24-22(17)20-9-5-4-8-19(20)21/h4-15H,1-3H3. The molecule has 0 fully saturated rings. The first-order valence-corrected chi connectivity index (χ1v) is 8.41. The second kappa shape index (κ2) is 5.45. The first-order valence-electron chi connectivity index (χ1n) is 8.41. The third-order valence-electron chi connectivity index (χ3n) is 4.67. The third-order valence-corrected chi connectivity index (χ3v) is 4.67. The Morgan fingerprint density at radius 2 is 1.46 bits per heavy atom. The average molecular weight is 311 g/mol. The second-order valence-electron chi connectivity index (χ2n) is 7.37. The van der Waals surface area contributed by atoms with Crippen molar-refractivity contribution in [3.05, 3.63) is 78.5 Å². The minimum absolute atomic E-state index is 0.175. The van der Waals surface area contributed by atoms with Crippen molar-refractivity contribution in [3.8, 4) is 11.1 Å². The van der Waals surface area contributed by atoms with Crippen molar-refractivity contribution in [1.82, 2.24) is 4.98 Å². The van der Waals surface area contributed by atoms with Crippen LogP contribution in [-0.2, 0) is 5.41 Å². The first kappa shape index (κ1) is 14.9. The maximum absolute atomic E-state index is 4.59. The van der Waals surface area contributed by atoms with Crippen LogP contribution < -0.4 is 0 Å². The second-order valence-corrected chi connectivity index (χ2v) is 7.37. The van der Waals surface area contributed by atoms with Crippen molar-refractivity contribution < 1.29 is 0 Å². The first-order chi connectivity index (χ1) is 11.5. The molecule has 0 N–H and O–H groups in total. The highest BCUT2D eigenvalue weighted by Crippen LogP contribution is 2.34. The van der Waals surface area contributed by atoms with E-state index >= 15 is 0 Å². The van der Waals surface area contributed by atoms with E-state index in [1.165, 1.54) is 32.8 Å². The van der Waals surface area contributed by atoms with Gasteiger partial charge in [0.1, 0.15) is 0 Å². The molecule has 0 aliphatic heterocycles. The molecule has 0 bridgehead atoms. The molecule has 0 atom stereocenters. The van der Waals surface area contributed by atoms with Crippen molar-refractivity contribution in [3.63, 3.8) is 0 Å². The van der Waals surface area contributed by atoms with Crippen molar-refractivity contribution in [2.75, 3.05) is 0 Å². The van der Waals surface area contributed by atoms with Gasteiger partial charge in [0.25, 0.3) is 0 Å². The SMILES string of the molecule is CC(C)(C)c1ccc(-c2cc3cccnc3c3ccccc23)cc1. The van der Waals surface area contributed by atoms with Gasteiger partial charge < -0.3 is 0 Å². The van der Waals surface area contributed by atoms with Crippen LogP contribution in [0.15, 0.2) is 72.9 Å². The molecule has 0 aliphatic carbocycles. The lowest BCUT2D eigenvalue weighted by atomic mass is 9.85. The summed E-state index contributed by atoms with van der Waals surface area (Å²) in [5, 5.41) is 3.66. The summed E-state index contributed by atoms with van der Waals surface area (Å²) in [6.45, 7) is 6.75. The molecule has 0 radical (unpaired) electrons. The fourth-order valence-electron chi connectivity index (χ4n) is 3.31. The van der Waals surface area contributed by atoms with Gasteiger partial charge in [-0.15, -0.1) is 0 Å². The molecule has 0 aliphatic rings. The van der Waals surface area contributed by atoms with Crippen LogP contribution >= 0.6 is 0 Å². The number of nitrogens with zero attached hydrogens (tertiary/aromatic N) is 1. The molecule has 0 saturated carbocycles. The molecule has 24 heavy (non-hydrogen) atoms.